The number of aromatic nitrogens is 2. The first-order chi connectivity index (χ1) is 5.25. The molecule has 11 heavy (non-hydrogen) atoms. The zero-order valence-corrected chi connectivity index (χ0v) is 6.83. The van der Waals surface area contributed by atoms with Crippen LogP contribution in [0.2, 0.25) is 0 Å². The van der Waals surface area contributed by atoms with Crippen LogP contribution in [0.25, 0.3) is 0 Å². The number of hydrogen-bond donors (Lipinski definition) is 2. The van der Waals surface area contributed by atoms with Gasteiger partial charge in [0.15, 0.2) is 0 Å². The molecule has 1 aromatic heterocycles. The molecule has 0 atom stereocenters. The second-order valence-corrected chi connectivity index (χ2v) is 2.29. The Kier molecular flexibility index (Phi) is 2.43. The lowest BCUT2D eigenvalue weighted by atomic mass is 10.4. The number of H-pyrrole nitrogens is 2. The molecule has 1 heterocycles. The highest BCUT2D eigenvalue weighted by Crippen LogP contribution is 1.99. The lowest BCUT2D eigenvalue weighted by Gasteiger charge is -1.95. The average Bonchev–Trinajstić information content (AvgIpc) is 2.36. The molecule has 0 saturated heterocycles. The number of esters is 1. The van der Waals surface area contributed by atoms with Crippen molar-refractivity contribution in [2.45, 2.75) is 6.92 Å². The molecule has 0 aliphatic heterocycles. The summed E-state index contributed by atoms with van der Waals surface area (Å²) in [5.41, 5.74) is 0.377. The van der Waals surface area contributed by atoms with Crippen molar-refractivity contribution in [3.05, 3.63) is 16.4 Å². The monoisotopic (exact) mass is 172 g/mol. The molecule has 60 valence electrons. The topological polar surface area (TPSA) is 57.9 Å². The van der Waals surface area contributed by atoms with Crippen molar-refractivity contribution < 1.29 is 9.53 Å². The molecule has 0 fully saturated rings. The highest BCUT2D eigenvalue weighted by Gasteiger charge is 2.08. The fraction of sp³-hybridized carbons (Fsp3) is 0.333. The van der Waals surface area contributed by atoms with Crippen LogP contribution in [0.1, 0.15) is 17.3 Å². The lowest BCUT2D eigenvalue weighted by molar-refractivity contribution is 0.0526. The quantitative estimate of drug-likeness (QED) is 0.521. The predicted octanol–water partition coefficient (Wildman–Crippen LogP) is 1.25. The van der Waals surface area contributed by atoms with Gasteiger partial charge >= 0.3 is 5.97 Å². The molecule has 0 saturated carbocycles. The van der Waals surface area contributed by atoms with Crippen molar-refractivity contribution in [1.82, 2.24) is 10.2 Å². The predicted molar refractivity (Wildman–Crippen MR) is 41.9 cm³/mol. The molecule has 0 aliphatic carbocycles. The smallest absolute Gasteiger partial charge is 0.342 e. The zero-order valence-electron chi connectivity index (χ0n) is 6.01. The third-order valence-electron chi connectivity index (χ3n) is 1.14. The Hall–Kier alpha value is -1.10. The van der Waals surface area contributed by atoms with Gasteiger partial charge in [0.1, 0.15) is 10.2 Å². The van der Waals surface area contributed by atoms with E-state index in [0.29, 0.717) is 16.8 Å². The minimum absolute atomic E-state index is 0.360. The molecule has 0 aliphatic rings. The minimum atomic E-state index is -0.394. The van der Waals surface area contributed by atoms with Crippen LogP contribution in [0, 0.1) is 4.64 Å². The van der Waals surface area contributed by atoms with E-state index in [2.05, 4.69) is 10.2 Å². The lowest BCUT2D eigenvalue weighted by Crippen LogP contribution is -2.03. The Balaban J connectivity index is 2.85. The van der Waals surface area contributed by atoms with E-state index in [0.717, 1.165) is 0 Å². The van der Waals surface area contributed by atoms with Crippen molar-refractivity contribution in [2.24, 2.45) is 0 Å². The summed E-state index contributed by atoms with van der Waals surface area (Å²) in [4.78, 5) is 11.0. The molecule has 2 N–H and O–H groups in total. The van der Waals surface area contributed by atoms with E-state index in [1.807, 2.05) is 0 Å². The summed E-state index contributed by atoms with van der Waals surface area (Å²) < 4.78 is 5.10. The van der Waals surface area contributed by atoms with Gasteiger partial charge in [-0.05, 0) is 6.92 Å². The van der Waals surface area contributed by atoms with E-state index < -0.39 is 5.97 Å². The molecule has 4 nitrogen and oxygen atoms in total. The molecule has 0 amide bonds. The number of rotatable bonds is 2. The highest BCUT2D eigenvalue weighted by atomic mass is 32.1. The number of ether oxygens (including phenoxy) is 1. The van der Waals surface area contributed by atoms with Gasteiger partial charge in [0, 0.05) is 6.20 Å². The fourth-order valence-electron chi connectivity index (χ4n) is 0.667. The average molecular weight is 172 g/mol. The maximum Gasteiger partial charge on any atom is 0.342 e. The van der Waals surface area contributed by atoms with Crippen LogP contribution in [0.5, 0.6) is 0 Å². The highest BCUT2D eigenvalue weighted by molar-refractivity contribution is 7.71. The second-order valence-electron chi connectivity index (χ2n) is 1.88. The number of hydrogen-bond acceptors (Lipinski definition) is 3. The number of carbonyl (C=O) groups is 1. The molecule has 1 rings (SSSR count). The van der Waals surface area contributed by atoms with Crippen LogP contribution in [-0.2, 0) is 4.74 Å². The molecule has 0 spiro atoms. The minimum Gasteiger partial charge on any atom is -0.462 e. The van der Waals surface area contributed by atoms with E-state index in [-0.39, 0.29) is 0 Å². The van der Waals surface area contributed by atoms with E-state index in [9.17, 15) is 4.79 Å². The van der Waals surface area contributed by atoms with E-state index in [1.165, 1.54) is 6.20 Å². The van der Waals surface area contributed by atoms with Crippen molar-refractivity contribution in [3.8, 4) is 0 Å². The molecule has 1 aromatic rings. The molecule has 0 bridgehead atoms. The van der Waals surface area contributed by atoms with Crippen LogP contribution in [0.3, 0.4) is 0 Å². The molecular weight excluding hydrogens is 164 g/mol. The molecule has 0 aromatic carbocycles. The van der Waals surface area contributed by atoms with Gasteiger partial charge in [-0.15, -0.1) is 0 Å². The summed E-state index contributed by atoms with van der Waals surface area (Å²) in [5.74, 6) is -0.394. The molecular formula is C6H8N2O2S. The first-order valence-corrected chi connectivity index (χ1v) is 3.59. The Morgan fingerprint density at radius 1 is 1.82 bits per heavy atom. The van der Waals surface area contributed by atoms with E-state index in [4.69, 9.17) is 17.0 Å². The van der Waals surface area contributed by atoms with Gasteiger partial charge in [-0.25, -0.2) is 4.79 Å². The van der Waals surface area contributed by atoms with Crippen LogP contribution >= 0.6 is 12.2 Å². The maximum atomic E-state index is 11.0. The van der Waals surface area contributed by atoms with E-state index >= 15 is 0 Å². The second kappa shape index (κ2) is 3.34. The van der Waals surface area contributed by atoms with Crippen molar-refractivity contribution >= 4 is 18.2 Å². The Morgan fingerprint density at radius 2 is 2.55 bits per heavy atom. The fourth-order valence-corrected chi connectivity index (χ4v) is 0.868. The van der Waals surface area contributed by atoms with E-state index in [1.54, 1.807) is 6.92 Å². The van der Waals surface area contributed by atoms with Crippen LogP contribution in [0.4, 0.5) is 0 Å². The van der Waals surface area contributed by atoms with Gasteiger partial charge < -0.3 is 9.84 Å². The largest absolute Gasteiger partial charge is 0.462 e. The first-order valence-electron chi connectivity index (χ1n) is 3.19. The third kappa shape index (κ3) is 1.68. The summed E-state index contributed by atoms with van der Waals surface area (Å²) >= 11 is 4.79. The normalized spacial score (nSPS) is 9.55. The SMILES string of the molecule is CCOC(=O)c1c[nH][nH]c1=S. The van der Waals surface area contributed by atoms with Crippen LogP contribution < -0.4 is 0 Å². The van der Waals surface area contributed by atoms with Gasteiger partial charge in [0.25, 0.3) is 0 Å². The van der Waals surface area contributed by atoms with Gasteiger partial charge in [-0.2, -0.15) is 0 Å². The van der Waals surface area contributed by atoms with Gasteiger partial charge in [0.05, 0.1) is 6.61 Å². The Labute approximate surface area is 68.6 Å². The van der Waals surface area contributed by atoms with Gasteiger partial charge in [-0.1, -0.05) is 12.2 Å². The summed E-state index contributed by atoms with van der Waals surface area (Å²) in [7, 11) is 0. The zero-order chi connectivity index (χ0) is 8.27. The number of carbonyl (C=O) groups excluding carboxylic acids is 1. The molecule has 0 radical (unpaired) electrons. The summed E-state index contributed by atoms with van der Waals surface area (Å²) in [6.45, 7) is 2.11. The molecule has 5 heteroatoms. The third-order valence-corrected chi connectivity index (χ3v) is 1.46. The Morgan fingerprint density at radius 3 is 3.00 bits per heavy atom. The standard InChI is InChI=1S/C6H8N2O2S/c1-2-10-6(9)4-3-7-8-5(4)11/h3H,2H2,1H3,(H2,7,8,11). The van der Waals surface area contributed by atoms with Crippen LogP contribution in [-0.4, -0.2) is 22.8 Å². The summed E-state index contributed by atoms with van der Waals surface area (Å²) in [5, 5.41) is 5.20. The van der Waals surface area contributed by atoms with Crippen LogP contribution in [0.15, 0.2) is 6.20 Å². The number of aromatic amines is 2. The van der Waals surface area contributed by atoms with Gasteiger partial charge in [-0.3, -0.25) is 5.10 Å². The van der Waals surface area contributed by atoms with Crippen molar-refractivity contribution in [3.63, 3.8) is 0 Å². The first kappa shape index (κ1) is 8.00. The van der Waals surface area contributed by atoms with Crippen molar-refractivity contribution in [1.29, 1.82) is 0 Å². The van der Waals surface area contributed by atoms with Gasteiger partial charge in [0.2, 0.25) is 0 Å². The maximum absolute atomic E-state index is 11.0. The summed E-state index contributed by atoms with van der Waals surface area (Å²) in [6.07, 6.45) is 1.49. The molecule has 0 unspecified atom stereocenters. The van der Waals surface area contributed by atoms with Crippen molar-refractivity contribution in [2.75, 3.05) is 6.61 Å². The Bertz CT molecular complexity index is 302. The number of nitrogens with one attached hydrogen (secondary N) is 2. The summed E-state index contributed by atoms with van der Waals surface area (Å²) in [6, 6.07) is 0.